The van der Waals surface area contributed by atoms with E-state index in [1.54, 1.807) is 0 Å². The van der Waals surface area contributed by atoms with Crippen molar-refractivity contribution >= 4 is 64.8 Å². The zero-order chi connectivity index (χ0) is 28.1. The van der Waals surface area contributed by atoms with Gasteiger partial charge < -0.3 is 0 Å². The second kappa shape index (κ2) is 8.81. The van der Waals surface area contributed by atoms with Crippen LogP contribution in [0.25, 0.3) is 53.0 Å². The van der Waals surface area contributed by atoms with Crippen LogP contribution in [0.3, 0.4) is 0 Å². The van der Waals surface area contributed by atoms with Crippen molar-refractivity contribution in [1.82, 2.24) is 0 Å². The number of nitrogens with zero attached hydrogens (tertiary/aromatic N) is 1. The van der Waals surface area contributed by atoms with Crippen LogP contribution < -0.4 is 4.57 Å². The third kappa shape index (κ3) is 4.00. The lowest BCUT2D eigenvalue weighted by Gasteiger charge is -2.27. The van der Waals surface area contributed by atoms with Gasteiger partial charge in [-0.1, -0.05) is 89.7 Å². The Kier molecular flexibility index (Phi) is 5.74. The van der Waals surface area contributed by atoms with Gasteiger partial charge in [0, 0.05) is 41.4 Å². The van der Waals surface area contributed by atoms with E-state index in [2.05, 4.69) is 121 Å². The Bertz CT molecular complexity index is 2010. The van der Waals surface area contributed by atoms with E-state index in [1.165, 1.54) is 79.5 Å². The highest BCUT2D eigenvalue weighted by atomic mass is 32.2. The first kappa shape index (κ1) is 26.0. The first-order valence-electron chi connectivity index (χ1n) is 14.4. The number of hydrogen-bond donors (Lipinski definition) is 0. The molecule has 0 radical (unpaired) electrons. The summed E-state index contributed by atoms with van der Waals surface area (Å²) in [5, 5.41) is 8.42. The zero-order valence-corrected chi connectivity index (χ0v) is 26.6. The number of aryl methyl sites for hydroxylation is 2. The van der Waals surface area contributed by atoms with Crippen molar-refractivity contribution in [2.45, 2.75) is 71.1 Å². The molecule has 40 heavy (non-hydrogen) atoms. The molecule has 202 valence electrons. The van der Waals surface area contributed by atoms with Crippen LogP contribution in [-0.4, -0.2) is 0 Å². The van der Waals surface area contributed by atoms with Crippen LogP contribution in [0.2, 0.25) is 0 Å². The van der Waals surface area contributed by atoms with Crippen molar-refractivity contribution in [3.63, 3.8) is 0 Å². The van der Waals surface area contributed by atoms with Gasteiger partial charge in [0.2, 0.25) is 5.69 Å². The molecule has 0 spiro atoms. The summed E-state index contributed by atoms with van der Waals surface area (Å²) in [5.74, 6) is 0. The predicted octanol–water partition coefficient (Wildman–Crippen LogP) is 10.8. The van der Waals surface area contributed by atoms with E-state index in [0.29, 0.717) is 0 Å². The number of pyridine rings is 1. The molecule has 3 heterocycles. The minimum absolute atomic E-state index is 0.185. The molecule has 1 aliphatic rings. The van der Waals surface area contributed by atoms with Gasteiger partial charge in [-0.25, -0.2) is 4.57 Å². The smallest absolute Gasteiger partial charge is 0.200 e. The molecule has 0 aliphatic carbocycles. The Morgan fingerprint density at radius 1 is 0.750 bits per heavy atom. The highest BCUT2D eigenvalue weighted by Gasteiger charge is 2.34. The monoisotopic (exact) mass is 560 g/mol. The zero-order valence-electron chi connectivity index (χ0n) is 25.0. The van der Waals surface area contributed by atoms with Crippen LogP contribution in [0, 0.1) is 17.8 Å². The van der Waals surface area contributed by atoms with Gasteiger partial charge in [-0.3, -0.25) is 0 Å². The summed E-state index contributed by atoms with van der Waals surface area (Å²) in [6, 6.07) is 20.8. The largest absolute Gasteiger partial charge is 0.222 e. The lowest BCUT2D eigenvalue weighted by atomic mass is 9.84. The molecule has 0 fully saturated rings. The molecule has 1 nitrogen and oxygen atoms in total. The van der Waals surface area contributed by atoms with E-state index in [9.17, 15) is 0 Å². The molecule has 4 aromatic carbocycles. The number of thiophene rings is 1. The average molecular weight is 561 g/mol. The van der Waals surface area contributed by atoms with Crippen molar-refractivity contribution in [3.8, 4) is 11.3 Å². The number of benzene rings is 4. The number of rotatable bonds is 2. The molecule has 0 saturated carbocycles. The fourth-order valence-corrected chi connectivity index (χ4v) is 9.56. The molecule has 2 aromatic heterocycles. The molecule has 7 rings (SSSR count). The molecule has 1 aliphatic heterocycles. The lowest BCUT2D eigenvalue weighted by Crippen LogP contribution is -2.32. The highest BCUT2D eigenvalue weighted by Crippen LogP contribution is 2.55. The van der Waals surface area contributed by atoms with E-state index < -0.39 is 0 Å². The van der Waals surface area contributed by atoms with E-state index in [-0.39, 0.29) is 10.8 Å². The maximum atomic E-state index is 2.52. The van der Waals surface area contributed by atoms with E-state index in [1.807, 2.05) is 23.1 Å². The van der Waals surface area contributed by atoms with Crippen molar-refractivity contribution in [2.24, 2.45) is 17.9 Å². The fourth-order valence-electron chi connectivity index (χ4n) is 6.83. The van der Waals surface area contributed by atoms with E-state index in [0.717, 1.165) is 12.8 Å². The molecule has 0 bridgehead atoms. The third-order valence-electron chi connectivity index (χ3n) is 8.33. The quantitative estimate of drug-likeness (QED) is 0.150. The van der Waals surface area contributed by atoms with Gasteiger partial charge in [-0.05, 0) is 70.2 Å². The summed E-state index contributed by atoms with van der Waals surface area (Å²) in [7, 11) is 2.23. The van der Waals surface area contributed by atoms with Crippen LogP contribution in [0.1, 0.15) is 58.2 Å². The first-order valence-corrected chi connectivity index (χ1v) is 16.1. The molecular weight excluding hydrogens is 523 g/mol. The second-order valence-electron chi connectivity index (χ2n) is 14.1. The molecular formula is C37H38NS2+. The van der Waals surface area contributed by atoms with Crippen LogP contribution in [-0.2, 0) is 19.9 Å². The Morgan fingerprint density at radius 3 is 2.23 bits per heavy atom. The average Bonchev–Trinajstić information content (AvgIpc) is 3.26. The minimum Gasteiger partial charge on any atom is -0.200 e. The number of fused-ring (bicyclic) bond motifs is 7. The Labute approximate surface area is 246 Å². The number of aromatic nitrogens is 1. The van der Waals surface area contributed by atoms with Crippen molar-refractivity contribution in [1.29, 1.82) is 0 Å². The summed E-state index contributed by atoms with van der Waals surface area (Å²) >= 11 is 4.01. The highest BCUT2D eigenvalue weighted by molar-refractivity contribution is 8.00. The van der Waals surface area contributed by atoms with Crippen molar-refractivity contribution in [2.75, 3.05) is 0 Å². The Hall–Kier alpha value is -2.88. The Morgan fingerprint density at radius 2 is 1.48 bits per heavy atom. The van der Waals surface area contributed by atoms with Gasteiger partial charge in [0.15, 0.2) is 6.20 Å². The molecule has 0 saturated heterocycles. The minimum atomic E-state index is 0.185. The van der Waals surface area contributed by atoms with Crippen LogP contribution in [0.5, 0.6) is 0 Å². The third-order valence-corrected chi connectivity index (χ3v) is 10.8. The summed E-state index contributed by atoms with van der Waals surface area (Å²) in [5.41, 5.74) is 7.63. The maximum absolute atomic E-state index is 2.52. The van der Waals surface area contributed by atoms with Crippen molar-refractivity contribution in [3.05, 3.63) is 77.5 Å². The van der Waals surface area contributed by atoms with Crippen LogP contribution in [0.4, 0.5) is 0 Å². The van der Waals surface area contributed by atoms with Gasteiger partial charge in [0.25, 0.3) is 0 Å². The summed E-state index contributed by atoms with van der Waals surface area (Å²) in [6.07, 6.45) is 4.42. The van der Waals surface area contributed by atoms with Gasteiger partial charge in [-0.2, -0.15) is 0 Å². The van der Waals surface area contributed by atoms with Crippen LogP contribution >= 0.6 is 23.1 Å². The topological polar surface area (TPSA) is 3.88 Å². The number of hydrogen-bond acceptors (Lipinski definition) is 2. The van der Waals surface area contributed by atoms with E-state index >= 15 is 0 Å². The molecule has 0 unspecified atom stereocenters. The van der Waals surface area contributed by atoms with Gasteiger partial charge in [0.05, 0.1) is 10.9 Å². The second-order valence-corrected chi connectivity index (χ2v) is 16.2. The summed E-state index contributed by atoms with van der Waals surface area (Å²) < 4.78 is 5.25. The molecule has 3 heteroatoms. The molecule has 6 aromatic rings. The van der Waals surface area contributed by atoms with E-state index in [4.69, 9.17) is 0 Å². The summed E-state index contributed by atoms with van der Waals surface area (Å²) in [6.45, 7) is 16.5. The fraction of sp³-hybridized carbons (Fsp3) is 0.324. The Balaban J connectivity index is 1.64. The molecule has 0 atom stereocenters. The lowest BCUT2D eigenvalue weighted by molar-refractivity contribution is -0.659. The maximum Gasteiger partial charge on any atom is 0.222 e. The van der Waals surface area contributed by atoms with Gasteiger partial charge in [0.1, 0.15) is 7.05 Å². The molecule has 0 N–H and O–H groups in total. The first-order chi connectivity index (χ1) is 18.9. The van der Waals surface area contributed by atoms with Gasteiger partial charge >= 0.3 is 0 Å². The standard InChI is InChI=1S/C37H38NS2/c1-21-30-25-13-9-10-15-28(25)39-34(30)27(20-37(5,6)7)35-31(21)33-32-24(16-17-38(33)8)23-14-11-12-22(19-36(2,3)4)26(23)18-29(32)40-35/h9-18H,19-20H2,1-8H3/q+1. The SMILES string of the molecule is Cc1c2c(c(CC(C)(C)C)c3sc4ccccc4c13)Sc1cc3c(CC(C)(C)C)cccc3c3cc[n+](C)c-2c13. The van der Waals surface area contributed by atoms with Crippen LogP contribution in [0.15, 0.2) is 70.6 Å². The normalized spacial score (nSPS) is 13.6. The predicted molar refractivity (Wildman–Crippen MR) is 176 cm³/mol. The van der Waals surface area contributed by atoms with Crippen molar-refractivity contribution < 1.29 is 4.57 Å². The molecule has 0 amide bonds. The summed E-state index contributed by atoms with van der Waals surface area (Å²) in [4.78, 5) is 2.87. The van der Waals surface area contributed by atoms with Gasteiger partial charge in [-0.15, -0.1) is 11.3 Å².